The molecular formula is C23H18ClFN2S. The Hall–Kier alpha value is -2.56. The van der Waals surface area contributed by atoms with Crippen LogP contribution in [0.25, 0.3) is 22.4 Å². The van der Waals surface area contributed by atoms with Crippen LogP contribution in [0.2, 0.25) is 5.02 Å². The smallest absolute Gasteiger partial charge is 0.123 e. The molecule has 0 saturated heterocycles. The first-order valence-electron chi connectivity index (χ1n) is 8.84. The molecule has 0 unspecified atom stereocenters. The normalized spacial score (nSPS) is 11.0. The van der Waals surface area contributed by atoms with Gasteiger partial charge < -0.3 is 0 Å². The zero-order chi connectivity index (χ0) is 19.5. The van der Waals surface area contributed by atoms with Crippen LogP contribution >= 0.6 is 23.4 Å². The minimum atomic E-state index is -0.247. The van der Waals surface area contributed by atoms with Gasteiger partial charge in [-0.1, -0.05) is 48.0 Å². The van der Waals surface area contributed by atoms with E-state index in [1.165, 1.54) is 17.0 Å². The van der Waals surface area contributed by atoms with Crippen LogP contribution in [0, 0.1) is 5.82 Å². The number of rotatable bonds is 5. The fraction of sp³-hybridized carbons (Fsp3) is 0.0870. The summed E-state index contributed by atoms with van der Waals surface area (Å²) in [5.74, 6) is -0.247. The van der Waals surface area contributed by atoms with Gasteiger partial charge in [0.05, 0.1) is 18.4 Å². The molecule has 0 spiro atoms. The second-order valence-corrected chi connectivity index (χ2v) is 7.74. The Kier molecular flexibility index (Phi) is 5.51. The van der Waals surface area contributed by atoms with E-state index in [-0.39, 0.29) is 5.82 Å². The van der Waals surface area contributed by atoms with Crippen LogP contribution in [0.1, 0.15) is 5.56 Å². The van der Waals surface area contributed by atoms with Gasteiger partial charge in [0.15, 0.2) is 0 Å². The minimum Gasteiger partial charge on any atom is -0.260 e. The number of hydrogen-bond acceptors (Lipinski definition) is 2. The maximum absolute atomic E-state index is 13.4. The van der Waals surface area contributed by atoms with Crippen LogP contribution in [-0.4, -0.2) is 16.0 Å². The second kappa shape index (κ2) is 8.21. The minimum absolute atomic E-state index is 0.247. The van der Waals surface area contributed by atoms with Crippen LogP contribution in [-0.2, 0) is 6.54 Å². The first kappa shape index (κ1) is 18.8. The van der Waals surface area contributed by atoms with Crippen molar-refractivity contribution in [3.05, 3.63) is 95.4 Å². The molecule has 2 nitrogen and oxygen atoms in total. The van der Waals surface area contributed by atoms with Gasteiger partial charge in [0.1, 0.15) is 5.82 Å². The van der Waals surface area contributed by atoms with Crippen molar-refractivity contribution in [1.29, 1.82) is 0 Å². The van der Waals surface area contributed by atoms with E-state index in [0.29, 0.717) is 11.6 Å². The summed E-state index contributed by atoms with van der Waals surface area (Å²) in [5, 5.41) is 5.35. The molecule has 1 heterocycles. The van der Waals surface area contributed by atoms with E-state index in [1.54, 1.807) is 23.9 Å². The van der Waals surface area contributed by atoms with Gasteiger partial charge in [-0.25, -0.2) is 4.39 Å². The summed E-state index contributed by atoms with van der Waals surface area (Å²) in [4.78, 5) is 1.20. The van der Waals surface area contributed by atoms with Crippen LogP contribution < -0.4 is 0 Å². The second-order valence-electron chi connectivity index (χ2n) is 6.43. The average molecular weight is 409 g/mol. The molecule has 28 heavy (non-hydrogen) atoms. The molecule has 0 amide bonds. The van der Waals surface area contributed by atoms with Crippen molar-refractivity contribution in [2.75, 3.05) is 6.26 Å². The molecule has 0 aliphatic carbocycles. The topological polar surface area (TPSA) is 17.8 Å². The number of thioether (sulfide) groups is 1. The quantitative estimate of drug-likeness (QED) is 0.339. The van der Waals surface area contributed by atoms with E-state index < -0.39 is 0 Å². The van der Waals surface area contributed by atoms with E-state index in [0.717, 1.165) is 27.9 Å². The van der Waals surface area contributed by atoms with Crippen molar-refractivity contribution in [3.63, 3.8) is 0 Å². The monoisotopic (exact) mass is 408 g/mol. The van der Waals surface area contributed by atoms with Crippen molar-refractivity contribution in [2.24, 2.45) is 0 Å². The Morgan fingerprint density at radius 1 is 0.893 bits per heavy atom. The fourth-order valence-electron chi connectivity index (χ4n) is 3.16. The molecule has 3 aromatic carbocycles. The van der Waals surface area contributed by atoms with Crippen molar-refractivity contribution >= 4 is 23.4 Å². The Balaban J connectivity index is 1.81. The van der Waals surface area contributed by atoms with Crippen LogP contribution in [0.3, 0.4) is 0 Å². The molecule has 0 aliphatic heterocycles. The third-order valence-corrected chi connectivity index (χ3v) is 5.60. The summed E-state index contributed by atoms with van der Waals surface area (Å²) >= 11 is 7.72. The molecule has 0 fully saturated rings. The fourth-order valence-corrected chi connectivity index (χ4v) is 3.70. The molecule has 5 heteroatoms. The summed E-state index contributed by atoms with van der Waals surface area (Å²) in [5.41, 5.74) is 5.11. The van der Waals surface area contributed by atoms with E-state index in [2.05, 4.69) is 35.6 Å². The summed E-state index contributed by atoms with van der Waals surface area (Å²) < 4.78 is 15.4. The lowest BCUT2D eigenvalue weighted by Crippen LogP contribution is -2.04. The molecular weight excluding hydrogens is 391 g/mol. The lowest BCUT2D eigenvalue weighted by Gasteiger charge is -2.11. The van der Waals surface area contributed by atoms with Crippen molar-refractivity contribution in [3.8, 4) is 22.4 Å². The molecule has 0 bridgehead atoms. The number of hydrogen-bond donors (Lipinski definition) is 0. The van der Waals surface area contributed by atoms with Crippen molar-refractivity contribution < 1.29 is 4.39 Å². The summed E-state index contributed by atoms with van der Waals surface area (Å²) in [6, 6.07) is 22.7. The molecule has 0 atom stereocenters. The van der Waals surface area contributed by atoms with Gasteiger partial charge in [0.25, 0.3) is 0 Å². The van der Waals surface area contributed by atoms with Gasteiger partial charge in [-0.2, -0.15) is 5.10 Å². The number of nitrogens with zero attached hydrogens (tertiary/aromatic N) is 2. The maximum Gasteiger partial charge on any atom is 0.123 e. The molecule has 4 rings (SSSR count). The van der Waals surface area contributed by atoms with Crippen LogP contribution in [0.4, 0.5) is 4.39 Å². The number of halogens is 2. The standard InChI is InChI=1S/C23H18ClFN2S/c1-28-21-12-6-18(7-13-21)23-22(17-4-10-20(25)11-5-17)14-26-27(23)15-16-2-8-19(24)9-3-16/h2-14H,15H2,1H3. The van der Waals surface area contributed by atoms with Crippen LogP contribution in [0.5, 0.6) is 0 Å². The molecule has 1 aromatic heterocycles. The predicted octanol–water partition coefficient (Wildman–Crippen LogP) is 6.78. The molecule has 0 radical (unpaired) electrons. The summed E-state index contributed by atoms with van der Waals surface area (Å²) in [6.45, 7) is 0.623. The number of aromatic nitrogens is 2. The Morgan fingerprint density at radius 2 is 1.54 bits per heavy atom. The van der Waals surface area contributed by atoms with Gasteiger partial charge in [-0.05, 0) is 53.8 Å². The highest BCUT2D eigenvalue weighted by molar-refractivity contribution is 7.98. The maximum atomic E-state index is 13.4. The van der Waals surface area contributed by atoms with Gasteiger partial charge in [0.2, 0.25) is 0 Å². The third-order valence-electron chi connectivity index (χ3n) is 4.60. The molecule has 0 N–H and O–H groups in total. The highest BCUT2D eigenvalue weighted by Crippen LogP contribution is 2.33. The van der Waals surface area contributed by atoms with E-state index in [4.69, 9.17) is 11.6 Å². The highest BCUT2D eigenvalue weighted by Gasteiger charge is 2.15. The molecule has 0 aliphatic rings. The van der Waals surface area contributed by atoms with Gasteiger partial charge in [-0.15, -0.1) is 11.8 Å². The predicted molar refractivity (Wildman–Crippen MR) is 115 cm³/mol. The third kappa shape index (κ3) is 3.98. The van der Waals surface area contributed by atoms with Gasteiger partial charge in [-0.3, -0.25) is 4.68 Å². The molecule has 140 valence electrons. The largest absolute Gasteiger partial charge is 0.260 e. The van der Waals surface area contributed by atoms with Crippen molar-refractivity contribution in [2.45, 2.75) is 11.4 Å². The lowest BCUT2D eigenvalue weighted by atomic mass is 10.0. The Labute approximate surface area is 173 Å². The Bertz CT molecular complexity index is 1070. The van der Waals surface area contributed by atoms with E-state index in [1.807, 2.05) is 35.1 Å². The molecule has 0 saturated carbocycles. The first-order valence-corrected chi connectivity index (χ1v) is 10.4. The zero-order valence-electron chi connectivity index (χ0n) is 15.3. The summed E-state index contributed by atoms with van der Waals surface area (Å²) in [7, 11) is 0. The average Bonchev–Trinajstić information content (AvgIpc) is 3.14. The van der Waals surface area contributed by atoms with Gasteiger partial charge in [0, 0.05) is 21.0 Å². The van der Waals surface area contributed by atoms with E-state index in [9.17, 15) is 4.39 Å². The highest BCUT2D eigenvalue weighted by atomic mass is 35.5. The first-order chi connectivity index (χ1) is 13.6. The lowest BCUT2D eigenvalue weighted by molar-refractivity contribution is 0.628. The zero-order valence-corrected chi connectivity index (χ0v) is 16.8. The molecule has 4 aromatic rings. The number of benzene rings is 3. The van der Waals surface area contributed by atoms with Crippen LogP contribution in [0.15, 0.2) is 83.9 Å². The van der Waals surface area contributed by atoms with Crippen molar-refractivity contribution in [1.82, 2.24) is 9.78 Å². The summed E-state index contributed by atoms with van der Waals surface area (Å²) in [6.07, 6.45) is 3.91. The Morgan fingerprint density at radius 3 is 2.18 bits per heavy atom. The SMILES string of the molecule is CSc1ccc(-c2c(-c3ccc(F)cc3)cnn2Cc2ccc(Cl)cc2)cc1. The van der Waals surface area contributed by atoms with E-state index >= 15 is 0 Å². The van der Waals surface area contributed by atoms with Gasteiger partial charge >= 0.3 is 0 Å².